The van der Waals surface area contributed by atoms with Gasteiger partial charge in [0.25, 0.3) is 0 Å². The van der Waals surface area contributed by atoms with E-state index in [-0.39, 0.29) is 11.9 Å². The topological polar surface area (TPSA) is 21.3 Å². The first-order valence-corrected chi connectivity index (χ1v) is 7.18. The number of ether oxygens (including phenoxy) is 1. The van der Waals surface area contributed by atoms with Crippen molar-refractivity contribution >= 4 is 0 Å². The van der Waals surface area contributed by atoms with Crippen molar-refractivity contribution in [3.05, 3.63) is 65.0 Å². The van der Waals surface area contributed by atoms with Gasteiger partial charge in [0.2, 0.25) is 0 Å². The van der Waals surface area contributed by atoms with Gasteiger partial charge in [-0.3, -0.25) is 0 Å². The minimum atomic E-state index is -0.144. The van der Waals surface area contributed by atoms with Crippen molar-refractivity contribution in [3.8, 4) is 5.75 Å². The average Bonchev–Trinajstić information content (AvgIpc) is 2.49. The van der Waals surface area contributed by atoms with Gasteiger partial charge in [0.05, 0.1) is 7.11 Å². The van der Waals surface area contributed by atoms with Crippen LogP contribution < -0.4 is 10.1 Å². The first kappa shape index (κ1) is 15.5. The molecule has 0 saturated heterocycles. The average molecular weight is 287 g/mol. The Kier molecular flexibility index (Phi) is 5.34. The first-order chi connectivity index (χ1) is 10.1. The highest BCUT2D eigenvalue weighted by atomic mass is 19.1. The quantitative estimate of drug-likeness (QED) is 0.878. The number of hydrogen-bond donors (Lipinski definition) is 1. The summed E-state index contributed by atoms with van der Waals surface area (Å²) in [5.41, 5.74) is 3.09. The number of halogens is 1. The molecule has 0 aliphatic rings. The van der Waals surface area contributed by atoms with Crippen LogP contribution in [0.15, 0.2) is 42.5 Å². The fourth-order valence-electron chi connectivity index (χ4n) is 2.54. The molecule has 0 fully saturated rings. The Morgan fingerprint density at radius 3 is 2.48 bits per heavy atom. The minimum absolute atomic E-state index is 0.144. The van der Waals surface area contributed by atoms with Crippen molar-refractivity contribution < 1.29 is 9.13 Å². The second-order valence-corrected chi connectivity index (χ2v) is 5.30. The van der Waals surface area contributed by atoms with Crippen LogP contribution >= 0.6 is 0 Å². The summed E-state index contributed by atoms with van der Waals surface area (Å²) in [5, 5.41) is 3.27. The molecule has 2 aromatic rings. The molecule has 2 aromatic carbocycles. The molecule has 0 aromatic heterocycles. The third-order valence-electron chi connectivity index (χ3n) is 3.73. The highest BCUT2D eigenvalue weighted by Crippen LogP contribution is 2.22. The van der Waals surface area contributed by atoms with Gasteiger partial charge in [-0.2, -0.15) is 0 Å². The number of benzene rings is 2. The lowest BCUT2D eigenvalue weighted by Gasteiger charge is -2.19. The lowest BCUT2D eigenvalue weighted by atomic mass is 9.97. The van der Waals surface area contributed by atoms with E-state index in [1.54, 1.807) is 13.2 Å². The molecule has 0 amide bonds. The molecule has 0 saturated carbocycles. The predicted molar refractivity (Wildman–Crippen MR) is 84.4 cm³/mol. The summed E-state index contributed by atoms with van der Waals surface area (Å²) in [5.74, 6) is 0.739. The van der Waals surface area contributed by atoms with Gasteiger partial charge in [-0.15, -0.1) is 0 Å². The molecule has 0 radical (unpaired) electrons. The molecule has 0 heterocycles. The monoisotopic (exact) mass is 287 g/mol. The number of rotatable bonds is 6. The number of likely N-dealkylation sites (N-methyl/N-ethyl adjacent to an activating group) is 1. The van der Waals surface area contributed by atoms with Gasteiger partial charge in [-0.05, 0) is 50.1 Å². The van der Waals surface area contributed by atoms with Crippen LogP contribution in [0.3, 0.4) is 0 Å². The van der Waals surface area contributed by atoms with Crippen LogP contribution in [-0.2, 0) is 12.8 Å². The van der Waals surface area contributed by atoms with Crippen LogP contribution in [0, 0.1) is 12.7 Å². The summed E-state index contributed by atoms with van der Waals surface area (Å²) in [6, 6.07) is 13.3. The Labute approximate surface area is 126 Å². The zero-order valence-electron chi connectivity index (χ0n) is 12.8. The largest absolute Gasteiger partial charge is 0.496 e. The summed E-state index contributed by atoms with van der Waals surface area (Å²) in [6.45, 7) is 2.06. The Hall–Kier alpha value is -1.87. The Morgan fingerprint density at radius 1 is 1.10 bits per heavy atom. The summed E-state index contributed by atoms with van der Waals surface area (Å²) in [6.07, 6.45) is 1.45. The van der Waals surface area contributed by atoms with Crippen molar-refractivity contribution in [2.75, 3.05) is 14.2 Å². The molecular weight excluding hydrogens is 265 g/mol. The SMILES string of the molecule is CNC(Cc1ccccc1F)Cc1cc(C)ccc1OC. The second kappa shape index (κ2) is 7.23. The smallest absolute Gasteiger partial charge is 0.126 e. The normalized spacial score (nSPS) is 12.2. The van der Waals surface area contributed by atoms with Gasteiger partial charge < -0.3 is 10.1 Å². The van der Waals surface area contributed by atoms with Crippen molar-refractivity contribution in [1.82, 2.24) is 5.32 Å². The van der Waals surface area contributed by atoms with Crippen molar-refractivity contribution in [1.29, 1.82) is 0 Å². The van der Waals surface area contributed by atoms with Gasteiger partial charge >= 0.3 is 0 Å². The van der Waals surface area contributed by atoms with Gasteiger partial charge in [-0.25, -0.2) is 4.39 Å². The molecule has 0 bridgehead atoms. The van der Waals surface area contributed by atoms with E-state index in [9.17, 15) is 4.39 Å². The lowest BCUT2D eigenvalue weighted by Crippen LogP contribution is -2.30. The molecule has 0 aliphatic carbocycles. The van der Waals surface area contributed by atoms with E-state index >= 15 is 0 Å². The molecule has 0 aliphatic heterocycles. The molecule has 21 heavy (non-hydrogen) atoms. The van der Waals surface area contributed by atoms with Crippen LogP contribution in [-0.4, -0.2) is 20.2 Å². The Balaban J connectivity index is 2.16. The van der Waals surface area contributed by atoms with Crippen molar-refractivity contribution in [2.24, 2.45) is 0 Å². The van der Waals surface area contributed by atoms with E-state index in [1.165, 1.54) is 11.6 Å². The van der Waals surface area contributed by atoms with E-state index in [0.29, 0.717) is 6.42 Å². The maximum atomic E-state index is 13.8. The van der Waals surface area contributed by atoms with E-state index in [2.05, 4.69) is 18.3 Å². The fraction of sp³-hybridized carbons (Fsp3) is 0.333. The first-order valence-electron chi connectivity index (χ1n) is 7.18. The maximum absolute atomic E-state index is 13.8. The summed E-state index contributed by atoms with van der Waals surface area (Å²) >= 11 is 0. The number of nitrogens with one attached hydrogen (secondary N) is 1. The van der Waals surface area contributed by atoms with Gasteiger partial charge in [0.1, 0.15) is 11.6 Å². The molecule has 1 unspecified atom stereocenters. The van der Waals surface area contributed by atoms with Gasteiger partial charge in [-0.1, -0.05) is 35.9 Å². The molecule has 112 valence electrons. The molecule has 1 N–H and O–H groups in total. The van der Waals surface area contributed by atoms with Crippen molar-refractivity contribution in [3.63, 3.8) is 0 Å². The van der Waals surface area contributed by atoms with Crippen LogP contribution in [0.25, 0.3) is 0 Å². The second-order valence-electron chi connectivity index (χ2n) is 5.30. The fourth-order valence-corrected chi connectivity index (χ4v) is 2.54. The van der Waals surface area contributed by atoms with E-state index in [1.807, 2.05) is 31.3 Å². The number of hydrogen-bond acceptors (Lipinski definition) is 2. The molecule has 3 heteroatoms. The number of aryl methyl sites for hydroxylation is 1. The van der Waals surface area contributed by atoms with Crippen LogP contribution in [0.4, 0.5) is 4.39 Å². The minimum Gasteiger partial charge on any atom is -0.496 e. The van der Waals surface area contributed by atoms with Crippen molar-refractivity contribution in [2.45, 2.75) is 25.8 Å². The van der Waals surface area contributed by atoms with E-state index in [4.69, 9.17) is 4.74 Å². The molecule has 1 atom stereocenters. The Bertz CT molecular complexity index is 598. The third kappa shape index (κ3) is 4.05. The zero-order valence-corrected chi connectivity index (χ0v) is 12.8. The van der Waals surface area contributed by atoms with Crippen LogP contribution in [0.1, 0.15) is 16.7 Å². The van der Waals surface area contributed by atoms with Crippen LogP contribution in [0.2, 0.25) is 0 Å². The predicted octanol–water partition coefficient (Wildman–Crippen LogP) is 3.52. The maximum Gasteiger partial charge on any atom is 0.126 e. The summed E-state index contributed by atoms with van der Waals surface area (Å²) < 4.78 is 19.2. The zero-order chi connectivity index (χ0) is 15.2. The number of methoxy groups -OCH3 is 1. The summed E-state index contributed by atoms with van der Waals surface area (Å²) in [7, 11) is 3.59. The van der Waals surface area contributed by atoms with Gasteiger partial charge in [0, 0.05) is 6.04 Å². The van der Waals surface area contributed by atoms with E-state index < -0.39 is 0 Å². The van der Waals surface area contributed by atoms with E-state index in [0.717, 1.165) is 23.3 Å². The van der Waals surface area contributed by atoms with Crippen LogP contribution in [0.5, 0.6) is 5.75 Å². The summed E-state index contributed by atoms with van der Waals surface area (Å²) in [4.78, 5) is 0. The highest BCUT2D eigenvalue weighted by molar-refractivity contribution is 5.37. The Morgan fingerprint density at radius 2 is 1.81 bits per heavy atom. The van der Waals surface area contributed by atoms with Gasteiger partial charge in [0.15, 0.2) is 0 Å². The molecule has 0 spiro atoms. The molecule has 2 nitrogen and oxygen atoms in total. The lowest BCUT2D eigenvalue weighted by molar-refractivity contribution is 0.405. The molecule has 2 rings (SSSR count). The highest BCUT2D eigenvalue weighted by Gasteiger charge is 2.14. The molecular formula is C18H22FNO. The third-order valence-corrected chi connectivity index (χ3v) is 3.73. The standard InChI is InChI=1S/C18H22FNO/c1-13-8-9-18(21-3)15(10-13)12-16(20-2)11-14-6-4-5-7-17(14)19/h4-10,16,20H,11-12H2,1-3H3.